The molecule has 0 radical (unpaired) electrons. The van der Waals surface area contributed by atoms with Crippen molar-refractivity contribution in [3.05, 3.63) is 35.9 Å². The third-order valence-electron chi connectivity index (χ3n) is 2.09. The van der Waals surface area contributed by atoms with Gasteiger partial charge in [-0.3, -0.25) is 9.59 Å². The SMILES string of the molecule is CC(=O)CC(=O)NCC(O)c1ccccc1. The van der Waals surface area contributed by atoms with E-state index in [2.05, 4.69) is 5.32 Å². The number of aliphatic hydroxyl groups excluding tert-OH is 1. The second-order valence-electron chi connectivity index (χ2n) is 3.61. The summed E-state index contributed by atoms with van der Waals surface area (Å²) in [5, 5.41) is 12.2. The number of hydrogen-bond acceptors (Lipinski definition) is 3. The highest BCUT2D eigenvalue weighted by Gasteiger charge is 2.09. The summed E-state index contributed by atoms with van der Waals surface area (Å²) < 4.78 is 0. The zero-order valence-corrected chi connectivity index (χ0v) is 9.14. The Morgan fingerprint density at radius 3 is 2.50 bits per heavy atom. The largest absolute Gasteiger partial charge is 0.387 e. The van der Waals surface area contributed by atoms with Crippen molar-refractivity contribution < 1.29 is 14.7 Å². The first-order chi connectivity index (χ1) is 7.59. The van der Waals surface area contributed by atoms with Crippen LogP contribution in [0.15, 0.2) is 30.3 Å². The normalized spacial score (nSPS) is 11.9. The Morgan fingerprint density at radius 1 is 1.31 bits per heavy atom. The van der Waals surface area contributed by atoms with Gasteiger partial charge < -0.3 is 10.4 Å². The Morgan fingerprint density at radius 2 is 1.94 bits per heavy atom. The molecule has 0 aromatic heterocycles. The summed E-state index contributed by atoms with van der Waals surface area (Å²) in [7, 11) is 0. The number of rotatable bonds is 5. The third kappa shape index (κ3) is 4.23. The van der Waals surface area contributed by atoms with Gasteiger partial charge in [0.25, 0.3) is 0 Å². The molecular formula is C12H15NO3. The molecule has 0 aliphatic carbocycles. The van der Waals surface area contributed by atoms with Crippen LogP contribution >= 0.6 is 0 Å². The van der Waals surface area contributed by atoms with E-state index in [9.17, 15) is 14.7 Å². The van der Waals surface area contributed by atoms with E-state index in [0.29, 0.717) is 0 Å². The summed E-state index contributed by atoms with van der Waals surface area (Å²) in [6.07, 6.45) is -0.876. The summed E-state index contributed by atoms with van der Waals surface area (Å²) >= 11 is 0. The molecule has 1 amide bonds. The minimum absolute atomic E-state index is 0.121. The van der Waals surface area contributed by atoms with Crippen molar-refractivity contribution in [2.24, 2.45) is 0 Å². The Balaban J connectivity index is 2.39. The zero-order chi connectivity index (χ0) is 12.0. The van der Waals surface area contributed by atoms with Gasteiger partial charge in [0.05, 0.1) is 12.5 Å². The molecule has 0 spiro atoms. The molecule has 4 heteroatoms. The minimum Gasteiger partial charge on any atom is -0.387 e. The summed E-state index contributed by atoms with van der Waals surface area (Å²) in [6, 6.07) is 9.04. The summed E-state index contributed by atoms with van der Waals surface area (Å²) in [5.41, 5.74) is 0.741. The number of ketones is 1. The van der Waals surface area contributed by atoms with Gasteiger partial charge >= 0.3 is 0 Å². The van der Waals surface area contributed by atoms with Crippen molar-refractivity contribution >= 4 is 11.7 Å². The van der Waals surface area contributed by atoms with E-state index in [4.69, 9.17) is 0 Å². The topological polar surface area (TPSA) is 66.4 Å². The molecule has 0 saturated heterocycles. The quantitative estimate of drug-likeness (QED) is 0.723. The van der Waals surface area contributed by atoms with Crippen molar-refractivity contribution in [1.29, 1.82) is 0 Å². The molecule has 1 unspecified atom stereocenters. The number of hydrogen-bond donors (Lipinski definition) is 2. The lowest BCUT2D eigenvalue weighted by atomic mass is 10.1. The van der Waals surface area contributed by atoms with Gasteiger partial charge in [0.1, 0.15) is 5.78 Å². The zero-order valence-electron chi connectivity index (χ0n) is 9.14. The number of Topliss-reactive ketones (excluding diaryl/α,β-unsaturated/α-hetero) is 1. The first-order valence-electron chi connectivity index (χ1n) is 5.08. The fourth-order valence-electron chi connectivity index (χ4n) is 1.29. The number of amides is 1. The van der Waals surface area contributed by atoms with Crippen LogP contribution in [0, 0.1) is 0 Å². The molecule has 16 heavy (non-hydrogen) atoms. The lowest BCUT2D eigenvalue weighted by Crippen LogP contribution is -2.29. The van der Waals surface area contributed by atoms with E-state index in [-0.39, 0.29) is 24.7 Å². The maximum Gasteiger partial charge on any atom is 0.227 e. The summed E-state index contributed by atoms with van der Waals surface area (Å²) in [6.45, 7) is 1.48. The Bertz CT molecular complexity index is 362. The molecule has 1 rings (SSSR count). The van der Waals surface area contributed by atoms with Crippen LogP contribution in [0.25, 0.3) is 0 Å². The third-order valence-corrected chi connectivity index (χ3v) is 2.09. The Labute approximate surface area is 94.3 Å². The summed E-state index contributed by atoms with van der Waals surface area (Å²) in [4.78, 5) is 21.8. The van der Waals surface area contributed by atoms with Gasteiger partial charge in [0.2, 0.25) is 5.91 Å². The molecule has 0 aliphatic rings. The first-order valence-corrected chi connectivity index (χ1v) is 5.08. The summed E-state index contributed by atoms with van der Waals surface area (Å²) in [5.74, 6) is -0.547. The van der Waals surface area contributed by atoms with Crippen molar-refractivity contribution in [2.75, 3.05) is 6.54 Å². The highest BCUT2D eigenvalue weighted by atomic mass is 16.3. The number of nitrogens with one attached hydrogen (secondary N) is 1. The van der Waals surface area contributed by atoms with Gasteiger partial charge in [-0.1, -0.05) is 30.3 Å². The van der Waals surface area contributed by atoms with E-state index in [1.54, 1.807) is 12.1 Å². The van der Waals surface area contributed by atoms with Gasteiger partial charge in [0, 0.05) is 6.54 Å². The number of aliphatic hydroxyl groups is 1. The van der Waals surface area contributed by atoms with Crippen LogP contribution in [-0.4, -0.2) is 23.3 Å². The van der Waals surface area contributed by atoms with Crippen molar-refractivity contribution in [3.63, 3.8) is 0 Å². The minimum atomic E-state index is -0.739. The molecule has 0 heterocycles. The van der Waals surface area contributed by atoms with Crippen molar-refractivity contribution in [2.45, 2.75) is 19.4 Å². The Hall–Kier alpha value is -1.68. The predicted molar refractivity (Wildman–Crippen MR) is 59.7 cm³/mol. The fraction of sp³-hybridized carbons (Fsp3) is 0.333. The molecule has 4 nitrogen and oxygen atoms in total. The van der Waals surface area contributed by atoms with Crippen LogP contribution in [0.4, 0.5) is 0 Å². The average Bonchev–Trinajstić information content (AvgIpc) is 2.26. The first kappa shape index (κ1) is 12.4. The number of carbonyl (C=O) groups excluding carboxylic acids is 2. The standard InChI is InChI=1S/C12H15NO3/c1-9(14)7-12(16)13-8-11(15)10-5-3-2-4-6-10/h2-6,11,15H,7-8H2,1H3,(H,13,16). The van der Waals surface area contributed by atoms with Crippen LogP contribution in [0.2, 0.25) is 0 Å². The maximum atomic E-state index is 11.1. The Kier molecular flexibility index (Phi) is 4.66. The monoisotopic (exact) mass is 221 g/mol. The molecule has 0 fully saturated rings. The smallest absolute Gasteiger partial charge is 0.227 e. The average molecular weight is 221 g/mol. The maximum absolute atomic E-state index is 11.1. The van der Waals surface area contributed by atoms with Crippen LogP contribution in [0.5, 0.6) is 0 Å². The molecular weight excluding hydrogens is 206 g/mol. The van der Waals surface area contributed by atoms with E-state index in [1.807, 2.05) is 18.2 Å². The molecule has 86 valence electrons. The highest BCUT2D eigenvalue weighted by molar-refractivity contribution is 5.96. The molecule has 0 saturated carbocycles. The number of benzene rings is 1. The van der Waals surface area contributed by atoms with Crippen LogP contribution in [-0.2, 0) is 9.59 Å². The van der Waals surface area contributed by atoms with Crippen LogP contribution in [0.1, 0.15) is 25.0 Å². The second kappa shape index (κ2) is 6.02. The van der Waals surface area contributed by atoms with Crippen LogP contribution in [0.3, 0.4) is 0 Å². The van der Waals surface area contributed by atoms with Crippen molar-refractivity contribution in [3.8, 4) is 0 Å². The molecule has 0 bridgehead atoms. The molecule has 1 aromatic carbocycles. The van der Waals surface area contributed by atoms with Crippen molar-refractivity contribution in [1.82, 2.24) is 5.32 Å². The predicted octanol–water partition coefficient (Wildman–Crippen LogP) is 0.815. The van der Waals surface area contributed by atoms with E-state index >= 15 is 0 Å². The second-order valence-corrected chi connectivity index (χ2v) is 3.61. The van der Waals surface area contributed by atoms with Gasteiger partial charge in [-0.2, -0.15) is 0 Å². The van der Waals surface area contributed by atoms with E-state index in [0.717, 1.165) is 5.56 Å². The highest BCUT2D eigenvalue weighted by Crippen LogP contribution is 2.10. The molecule has 1 atom stereocenters. The molecule has 1 aromatic rings. The van der Waals surface area contributed by atoms with Gasteiger partial charge in [-0.05, 0) is 12.5 Å². The van der Waals surface area contributed by atoms with E-state index in [1.165, 1.54) is 6.92 Å². The molecule has 2 N–H and O–H groups in total. The lowest BCUT2D eigenvalue weighted by Gasteiger charge is -2.11. The number of carbonyl (C=O) groups is 2. The van der Waals surface area contributed by atoms with Gasteiger partial charge in [0.15, 0.2) is 0 Å². The molecule has 0 aliphatic heterocycles. The van der Waals surface area contributed by atoms with Gasteiger partial charge in [-0.15, -0.1) is 0 Å². The fourth-order valence-corrected chi connectivity index (χ4v) is 1.29. The lowest BCUT2D eigenvalue weighted by molar-refractivity contribution is -0.127. The van der Waals surface area contributed by atoms with E-state index < -0.39 is 6.10 Å². The van der Waals surface area contributed by atoms with Crippen LogP contribution < -0.4 is 5.32 Å². The van der Waals surface area contributed by atoms with Gasteiger partial charge in [-0.25, -0.2) is 0 Å².